The lowest BCUT2D eigenvalue weighted by molar-refractivity contribution is -0.192. The lowest BCUT2D eigenvalue weighted by Crippen LogP contribution is -2.44. The zero-order valence-electron chi connectivity index (χ0n) is 17.3. The van der Waals surface area contributed by atoms with Crippen LogP contribution in [0.5, 0.6) is 0 Å². The summed E-state index contributed by atoms with van der Waals surface area (Å²) in [4.78, 5) is 30.3. The number of hydrogen-bond donors (Lipinski definition) is 1. The number of rotatable bonds is 3. The maximum Gasteiger partial charge on any atom is 0.490 e. The van der Waals surface area contributed by atoms with E-state index in [2.05, 4.69) is 9.88 Å². The number of piperidine rings is 1. The van der Waals surface area contributed by atoms with E-state index >= 15 is 0 Å². The van der Waals surface area contributed by atoms with Crippen LogP contribution >= 0.6 is 11.3 Å². The van der Waals surface area contributed by atoms with Gasteiger partial charge in [-0.15, -0.1) is 11.3 Å². The molecule has 3 saturated heterocycles. The molecule has 174 valence electrons. The highest BCUT2D eigenvalue weighted by atomic mass is 32.1. The maximum absolute atomic E-state index is 12.5. The molecular weight excluding hydrogens is 435 g/mol. The number of thiazole rings is 1. The van der Waals surface area contributed by atoms with Crippen molar-refractivity contribution in [2.24, 2.45) is 11.3 Å². The van der Waals surface area contributed by atoms with Gasteiger partial charge >= 0.3 is 12.1 Å². The molecule has 0 radical (unpaired) electrons. The number of carbonyl (C=O) groups excluding carboxylic acids is 1. The lowest BCUT2D eigenvalue weighted by Gasteiger charge is -2.40. The summed E-state index contributed by atoms with van der Waals surface area (Å²) >= 11 is 1.50. The highest BCUT2D eigenvalue weighted by Crippen LogP contribution is 2.41. The first-order valence-electron chi connectivity index (χ1n) is 10.5. The summed E-state index contributed by atoms with van der Waals surface area (Å²) in [6.07, 6.45) is 0.983. The average Bonchev–Trinajstić information content (AvgIpc) is 3.41. The minimum atomic E-state index is -5.08. The standard InChI is InChI=1S/C18H27N3O2S.C2HF3O2/c22-17(16-12-24-14-19-16)21-8-5-18(13-21)3-6-20(7-4-18)11-15-1-9-23-10-2-15;3-2(4,5)1(6)7/h12,14-15H,1-11,13H2;(H,6,7). The first-order valence-corrected chi connectivity index (χ1v) is 11.4. The zero-order chi connectivity index (χ0) is 22.5. The largest absolute Gasteiger partial charge is 0.490 e. The van der Waals surface area contributed by atoms with E-state index in [1.165, 1.54) is 56.7 Å². The number of hydrogen-bond acceptors (Lipinski definition) is 6. The van der Waals surface area contributed by atoms with E-state index in [0.29, 0.717) is 11.1 Å². The van der Waals surface area contributed by atoms with E-state index in [1.807, 2.05) is 10.3 Å². The van der Waals surface area contributed by atoms with Crippen LogP contribution in [0.15, 0.2) is 10.9 Å². The van der Waals surface area contributed by atoms with Crippen molar-refractivity contribution in [1.82, 2.24) is 14.8 Å². The number of alkyl halides is 3. The Labute approximate surface area is 183 Å². The van der Waals surface area contributed by atoms with Gasteiger partial charge in [0, 0.05) is 38.2 Å². The average molecular weight is 464 g/mol. The second-order valence-corrected chi connectivity index (χ2v) is 9.23. The Kier molecular flexibility index (Phi) is 7.92. The molecule has 7 nitrogen and oxygen atoms in total. The van der Waals surface area contributed by atoms with Crippen molar-refractivity contribution in [1.29, 1.82) is 0 Å². The number of aromatic nitrogens is 1. The monoisotopic (exact) mass is 463 g/mol. The number of ether oxygens (including phenoxy) is 1. The number of carboxylic acids is 1. The van der Waals surface area contributed by atoms with Crippen LogP contribution in [0.2, 0.25) is 0 Å². The number of likely N-dealkylation sites (tertiary alicyclic amines) is 2. The Morgan fingerprint density at radius 2 is 1.81 bits per heavy atom. The predicted octanol–water partition coefficient (Wildman–Crippen LogP) is 3.13. The number of amides is 1. The van der Waals surface area contributed by atoms with Crippen LogP contribution in [0.25, 0.3) is 0 Å². The van der Waals surface area contributed by atoms with Gasteiger partial charge in [0.05, 0.1) is 5.51 Å². The van der Waals surface area contributed by atoms with Gasteiger partial charge in [-0.05, 0) is 56.5 Å². The van der Waals surface area contributed by atoms with Crippen LogP contribution in [-0.2, 0) is 9.53 Å². The summed E-state index contributed by atoms with van der Waals surface area (Å²) in [5, 5.41) is 8.99. The molecule has 0 bridgehead atoms. The summed E-state index contributed by atoms with van der Waals surface area (Å²) in [5.74, 6) is -1.82. The van der Waals surface area contributed by atoms with Crippen LogP contribution < -0.4 is 0 Å². The van der Waals surface area contributed by atoms with Gasteiger partial charge in [-0.1, -0.05) is 0 Å². The molecule has 1 amide bonds. The van der Waals surface area contributed by atoms with E-state index in [9.17, 15) is 18.0 Å². The van der Waals surface area contributed by atoms with Crippen molar-refractivity contribution in [3.05, 3.63) is 16.6 Å². The summed E-state index contributed by atoms with van der Waals surface area (Å²) < 4.78 is 37.2. The Morgan fingerprint density at radius 1 is 1.19 bits per heavy atom. The lowest BCUT2D eigenvalue weighted by atomic mass is 9.77. The van der Waals surface area contributed by atoms with Gasteiger partial charge in [-0.25, -0.2) is 9.78 Å². The summed E-state index contributed by atoms with van der Waals surface area (Å²) in [5.41, 5.74) is 2.72. The molecule has 0 unspecified atom stereocenters. The summed E-state index contributed by atoms with van der Waals surface area (Å²) in [7, 11) is 0. The van der Waals surface area contributed by atoms with Crippen molar-refractivity contribution in [2.45, 2.75) is 38.3 Å². The summed E-state index contributed by atoms with van der Waals surface area (Å²) in [6.45, 7) is 7.32. The van der Waals surface area contributed by atoms with Gasteiger partial charge in [-0.2, -0.15) is 13.2 Å². The van der Waals surface area contributed by atoms with E-state index in [-0.39, 0.29) is 5.91 Å². The van der Waals surface area contributed by atoms with Crippen LogP contribution in [0.4, 0.5) is 13.2 Å². The molecule has 1 N–H and O–H groups in total. The number of carbonyl (C=O) groups is 2. The molecule has 1 aromatic heterocycles. The van der Waals surface area contributed by atoms with Crippen molar-refractivity contribution in [3.63, 3.8) is 0 Å². The second-order valence-electron chi connectivity index (χ2n) is 8.51. The van der Waals surface area contributed by atoms with Crippen LogP contribution in [-0.4, -0.2) is 83.9 Å². The van der Waals surface area contributed by atoms with Crippen molar-refractivity contribution >= 4 is 23.2 Å². The fourth-order valence-corrected chi connectivity index (χ4v) is 5.03. The van der Waals surface area contributed by atoms with E-state index in [4.69, 9.17) is 14.6 Å². The molecule has 1 aromatic rings. The molecule has 0 atom stereocenters. The molecule has 31 heavy (non-hydrogen) atoms. The van der Waals surface area contributed by atoms with Crippen LogP contribution in [0.1, 0.15) is 42.6 Å². The minimum absolute atomic E-state index is 0.123. The van der Waals surface area contributed by atoms with Gasteiger partial charge < -0.3 is 19.6 Å². The SMILES string of the molecule is O=C(O)C(F)(F)F.O=C(c1cscn1)N1CCC2(CCN(CC3CCOCC3)CC2)C1. The summed E-state index contributed by atoms with van der Waals surface area (Å²) in [6, 6.07) is 0. The van der Waals surface area contributed by atoms with Gasteiger partial charge in [-0.3, -0.25) is 4.79 Å². The quantitative estimate of drug-likeness (QED) is 0.742. The first-order chi connectivity index (χ1) is 14.7. The predicted molar refractivity (Wildman–Crippen MR) is 108 cm³/mol. The number of carboxylic acid groups (broad SMARTS) is 1. The topological polar surface area (TPSA) is 83.0 Å². The molecule has 4 heterocycles. The highest BCUT2D eigenvalue weighted by molar-refractivity contribution is 7.07. The molecular formula is C20H28F3N3O4S. The molecule has 3 aliphatic heterocycles. The van der Waals surface area contributed by atoms with E-state index < -0.39 is 12.1 Å². The Morgan fingerprint density at radius 3 is 2.35 bits per heavy atom. The molecule has 0 aliphatic carbocycles. The van der Waals surface area contributed by atoms with Crippen LogP contribution in [0.3, 0.4) is 0 Å². The minimum Gasteiger partial charge on any atom is -0.475 e. The number of aliphatic carboxylic acids is 1. The smallest absolute Gasteiger partial charge is 0.475 e. The van der Waals surface area contributed by atoms with Crippen molar-refractivity contribution in [3.8, 4) is 0 Å². The van der Waals surface area contributed by atoms with E-state index in [0.717, 1.165) is 38.6 Å². The van der Waals surface area contributed by atoms with Crippen LogP contribution in [0, 0.1) is 11.3 Å². The van der Waals surface area contributed by atoms with Gasteiger partial charge in [0.1, 0.15) is 5.69 Å². The molecule has 11 heteroatoms. The number of nitrogens with zero attached hydrogens (tertiary/aromatic N) is 3. The third kappa shape index (κ3) is 6.63. The fraction of sp³-hybridized carbons (Fsp3) is 0.750. The Hall–Kier alpha value is -1.72. The van der Waals surface area contributed by atoms with Gasteiger partial charge in [0.15, 0.2) is 0 Å². The zero-order valence-corrected chi connectivity index (χ0v) is 18.1. The van der Waals surface area contributed by atoms with Crippen molar-refractivity contribution in [2.75, 3.05) is 45.9 Å². The van der Waals surface area contributed by atoms with Crippen molar-refractivity contribution < 1.29 is 32.6 Å². The second kappa shape index (κ2) is 10.3. The number of halogens is 3. The normalized spacial score (nSPS) is 22.2. The molecule has 0 saturated carbocycles. The molecule has 3 aliphatic rings. The first kappa shape index (κ1) is 23.9. The third-order valence-corrected chi connectivity index (χ3v) is 6.98. The molecule has 4 rings (SSSR count). The Balaban J connectivity index is 0.000000339. The van der Waals surface area contributed by atoms with Gasteiger partial charge in [0.25, 0.3) is 5.91 Å². The third-order valence-electron chi connectivity index (χ3n) is 6.39. The highest BCUT2D eigenvalue weighted by Gasteiger charge is 2.42. The molecule has 3 fully saturated rings. The fourth-order valence-electron chi connectivity index (χ4n) is 4.50. The maximum atomic E-state index is 12.5. The molecule has 0 aromatic carbocycles. The van der Waals surface area contributed by atoms with Gasteiger partial charge in [0.2, 0.25) is 0 Å². The Bertz CT molecular complexity index is 731. The van der Waals surface area contributed by atoms with E-state index in [1.54, 1.807) is 5.51 Å². The molecule has 1 spiro atoms.